The first kappa shape index (κ1) is 22.8. The molecular weight excluding hydrogens is 414 g/mol. The maximum absolute atomic E-state index is 12.7. The predicted molar refractivity (Wildman–Crippen MR) is 132 cm³/mol. The molecule has 8 heteroatoms. The van der Waals surface area contributed by atoms with E-state index in [1.165, 1.54) is 6.33 Å². The van der Waals surface area contributed by atoms with Gasteiger partial charge in [-0.1, -0.05) is 6.08 Å². The lowest BCUT2D eigenvalue weighted by Gasteiger charge is -2.30. The highest BCUT2D eigenvalue weighted by atomic mass is 16.1. The van der Waals surface area contributed by atoms with Gasteiger partial charge in [0.2, 0.25) is 0 Å². The van der Waals surface area contributed by atoms with E-state index in [0.29, 0.717) is 36.5 Å². The standard InChI is InChI=1S/C25H31N7O/c1-17(2)31(18(3)4)13-5-6-23(33)19-7-9-21(10-8-19)30-24-25-28-16-29-32(25)22(15-27-24)20-11-12-26-14-20/h7-11,14-18H,5-6,12-13H2,1-4H3,(H,27,30). The topological polar surface area (TPSA) is 87.8 Å². The van der Waals surface area contributed by atoms with Gasteiger partial charge < -0.3 is 5.32 Å². The van der Waals surface area contributed by atoms with Crippen molar-refractivity contribution in [1.29, 1.82) is 0 Å². The van der Waals surface area contributed by atoms with Crippen molar-refractivity contribution in [3.05, 3.63) is 54.1 Å². The molecule has 0 atom stereocenters. The van der Waals surface area contributed by atoms with Gasteiger partial charge in [-0.25, -0.2) is 14.5 Å². The number of ketones is 1. The number of fused-ring (bicyclic) bond motifs is 1. The van der Waals surface area contributed by atoms with Gasteiger partial charge in [-0.3, -0.25) is 14.7 Å². The van der Waals surface area contributed by atoms with Crippen LogP contribution in [0.15, 0.2) is 47.9 Å². The fourth-order valence-corrected chi connectivity index (χ4v) is 4.18. The number of nitrogens with one attached hydrogen (secondary N) is 1. The average molecular weight is 446 g/mol. The van der Waals surface area contributed by atoms with Crippen molar-refractivity contribution in [1.82, 2.24) is 24.5 Å². The summed E-state index contributed by atoms with van der Waals surface area (Å²) in [7, 11) is 0. The first-order valence-electron chi connectivity index (χ1n) is 11.5. The molecule has 0 radical (unpaired) electrons. The molecule has 0 aliphatic carbocycles. The monoisotopic (exact) mass is 445 g/mol. The number of aromatic nitrogens is 4. The van der Waals surface area contributed by atoms with E-state index in [2.05, 4.69) is 58.0 Å². The number of hydrogen-bond donors (Lipinski definition) is 1. The van der Waals surface area contributed by atoms with Crippen molar-refractivity contribution in [2.45, 2.75) is 52.6 Å². The number of Topliss-reactive ketones (excluding diaryl/α,β-unsaturated/α-hetero) is 1. The van der Waals surface area contributed by atoms with Gasteiger partial charge in [0, 0.05) is 41.5 Å². The molecule has 0 spiro atoms. The summed E-state index contributed by atoms with van der Waals surface area (Å²) in [5, 5.41) is 7.63. The number of allylic oxidation sites excluding steroid dienone is 1. The zero-order valence-electron chi connectivity index (χ0n) is 19.7. The molecule has 33 heavy (non-hydrogen) atoms. The molecule has 1 aliphatic rings. The maximum atomic E-state index is 12.7. The summed E-state index contributed by atoms with van der Waals surface area (Å²) in [6.07, 6.45) is 8.54. The van der Waals surface area contributed by atoms with Crippen LogP contribution < -0.4 is 5.32 Å². The molecular formula is C25H31N7O. The fourth-order valence-electron chi connectivity index (χ4n) is 4.18. The second-order valence-electron chi connectivity index (χ2n) is 8.80. The molecule has 0 saturated carbocycles. The second kappa shape index (κ2) is 10.0. The summed E-state index contributed by atoms with van der Waals surface area (Å²) in [5.41, 5.74) is 4.03. The number of benzene rings is 1. The number of aliphatic imine (C=N–C) groups is 1. The summed E-state index contributed by atoms with van der Waals surface area (Å²) in [6, 6.07) is 8.48. The Bertz CT molecular complexity index is 1170. The van der Waals surface area contributed by atoms with Gasteiger partial charge in [0.05, 0.1) is 18.4 Å². The van der Waals surface area contributed by atoms with Crippen molar-refractivity contribution in [3.63, 3.8) is 0 Å². The third-order valence-corrected chi connectivity index (χ3v) is 5.86. The Balaban J connectivity index is 1.40. The van der Waals surface area contributed by atoms with Crippen LogP contribution in [-0.4, -0.2) is 61.7 Å². The summed E-state index contributed by atoms with van der Waals surface area (Å²) in [6.45, 7) is 10.4. The molecule has 172 valence electrons. The van der Waals surface area contributed by atoms with Crippen LogP contribution in [0.2, 0.25) is 0 Å². The van der Waals surface area contributed by atoms with Gasteiger partial charge in [0.15, 0.2) is 17.2 Å². The van der Waals surface area contributed by atoms with Gasteiger partial charge in [0.25, 0.3) is 0 Å². The fraction of sp³-hybridized carbons (Fsp3) is 0.400. The minimum atomic E-state index is 0.169. The van der Waals surface area contributed by atoms with Gasteiger partial charge in [-0.05, 0) is 64.9 Å². The van der Waals surface area contributed by atoms with Gasteiger partial charge >= 0.3 is 0 Å². The largest absolute Gasteiger partial charge is 0.337 e. The van der Waals surface area contributed by atoms with Crippen molar-refractivity contribution >= 4 is 34.7 Å². The first-order valence-corrected chi connectivity index (χ1v) is 11.5. The van der Waals surface area contributed by atoms with E-state index in [9.17, 15) is 4.79 Å². The van der Waals surface area contributed by atoms with Gasteiger partial charge in [-0.15, -0.1) is 0 Å². The van der Waals surface area contributed by atoms with Crippen molar-refractivity contribution in [3.8, 4) is 0 Å². The number of carbonyl (C=O) groups excluding carboxylic acids is 1. The van der Waals surface area contributed by atoms with Crippen molar-refractivity contribution in [2.75, 3.05) is 18.4 Å². The van der Waals surface area contributed by atoms with Crippen LogP contribution in [0.4, 0.5) is 11.5 Å². The Hall–Kier alpha value is -3.39. The Morgan fingerprint density at radius 3 is 2.55 bits per heavy atom. The molecule has 3 heterocycles. The molecule has 0 amide bonds. The third-order valence-electron chi connectivity index (χ3n) is 5.86. The van der Waals surface area contributed by atoms with E-state index < -0.39 is 0 Å². The van der Waals surface area contributed by atoms with E-state index in [1.807, 2.05) is 36.6 Å². The van der Waals surface area contributed by atoms with E-state index >= 15 is 0 Å². The zero-order chi connectivity index (χ0) is 23.4. The Morgan fingerprint density at radius 2 is 1.88 bits per heavy atom. The summed E-state index contributed by atoms with van der Waals surface area (Å²) in [5.74, 6) is 0.774. The van der Waals surface area contributed by atoms with Crippen LogP contribution >= 0.6 is 0 Å². The molecule has 0 bridgehead atoms. The number of nitrogens with zero attached hydrogens (tertiary/aromatic N) is 6. The van der Waals surface area contributed by atoms with Crippen molar-refractivity contribution < 1.29 is 4.79 Å². The highest BCUT2D eigenvalue weighted by Crippen LogP contribution is 2.23. The normalized spacial score (nSPS) is 13.5. The summed E-state index contributed by atoms with van der Waals surface area (Å²) in [4.78, 5) is 28.2. The Kier molecular flexibility index (Phi) is 6.93. The molecule has 1 N–H and O–H groups in total. The highest BCUT2D eigenvalue weighted by Gasteiger charge is 2.15. The van der Waals surface area contributed by atoms with E-state index in [-0.39, 0.29) is 5.78 Å². The molecule has 0 unspecified atom stereocenters. The molecule has 0 fully saturated rings. The minimum absolute atomic E-state index is 0.169. The van der Waals surface area contributed by atoms with Crippen LogP contribution in [0.1, 0.15) is 56.6 Å². The number of carbonyl (C=O) groups is 1. The lowest BCUT2D eigenvalue weighted by Crippen LogP contribution is -2.37. The molecule has 1 aromatic carbocycles. The summed E-state index contributed by atoms with van der Waals surface area (Å²) >= 11 is 0. The zero-order valence-corrected chi connectivity index (χ0v) is 19.7. The SMILES string of the molecule is CC(C)N(CCCC(=O)c1ccc(Nc2ncc(C3=CCN=C3)n3ncnc23)cc1)C(C)C. The van der Waals surface area contributed by atoms with Gasteiger partial charge in [0.1, 0.15) is 6.33 Å². The molecule has 2 aromatic heterocycles. The Labute approximate surface area is 194 Å². The number of anilines is 2. The third kappa shape index (κ3) is 5.17. The average Bonchev–Trinajstić information content (AvgIpc) is 3.49. The molecule has 3 aromatic rings. The molecule has 4 rings (SSSR count). The minimum Gasteiger partial charge on any atom is -0.337 e. The van der Waals surface area contributed by atoms with E-state index in [1.54, 1.807) is 10.7 Å². The van der Waals surface area contributed by atoms with Crippen LogP contribution in [0, 0.1) is 0 Å². The lowest BCUT2D eigenvalue weighted by molar-refractivity contribution is 0.0965. The predicted octanol–water partition coefficient (Wildman–Crippen LogP) is 4.42. The Morgan fingerprint density at radius 1 is 1.12 bits per heavy atom. The lowest BCUT2D eigenvalue weighted by atomic mass is 10.1. The van der Waals surface area contributed by atoms with Gasteiger partial charge in [-0.2, -0.15) is 5.10 Å². The second-order valence-corrected chi connectivity index (χ2v) is 8.80. The number of hydrogen-bond acceptors (Lipinski definition) is 7. The molecule has 8 nitrogen and oxygen atoms in total. The molecule has 1 aliphatic heterocycles. The van der Waals surface area contributed by atoms with E-state index in [0.717, 1.165) is 35.5 Å². The number of rotatable bonds is 10. The summed E-state index contributed by atoms with van der Waals surface area (Å²) < 4.78 is 1.76. The highest BCUT2D eigenvalue weighted by molar-refractivity contribution is 6.11. The van der Waals surface area contributed by atoms with Crippen LogP contribution in [0.3, 0.4) is 0 Å². The van der Waals surface area contributed by atoms with Crippen LogP contribution in [-0.2, 0) is 0 Å². The van der Waals surface area contributed by atoms with Crippen LogP contribution in [0.25, 0.3) is 11.2 Å². The molecule has 0 saturated heterocycles. The maximum Gasteiger partial charge on any atom is 0.199 e. The van der Waals surface area contributed by atoms with Crippen LogP contribution in [0.5, 0.6) is 0 Å². The first-order chi connectivity index (χ1) is 15.9. The van der Waals surface area contributed by atoms with Crippen molar-refractivity contribution in [2.24, 2.45) is 4.99 Å². The smallest absolute Gasteiger partial charge is 0.199 e. The van der Waals surface area contributed by atoms with E-state index in [4.69, 9.17) is 0 Å². The quantitative estimate of drug-likeness (QED) is 0.465.